The Morgan fingerprint density at radius 1 is 1.54 bits per heavy atom. The van der Waals surface area contributed by atoms with Gasteiger partial charge in [-0.05, 0) is 19.1 Å². The number of esters is 1. The van der Waals surface area contributed by atoms with Gasteiger partial charge in [0.05, 0.1) is 18.1 Å². The van der Waals surface area contributed by atoms with Crippen LogP contribution in [0.4, 0.5) is 0 Å². The fraction of sp³-hybridized carbons (Fsp3) is 0.438. The van der Waals surface area contributed by atoms with Crippen molar-refractivity contribution in [3.05, 3.63) is 35.3 Å². The Kier molecular flexibility index (Phi) is 6.22. The van der Waals surface area contributed by atoms with Crippen molar-refractivity contribution in [3.8, 4) is 0 Å². The van der Waals surface area contributed by atoms with Crippen molar-refractivity contribution in [3.63, 3.8) is 0 Å². The van der Waals surface area contributed by atoms with Gasteiger partial charge in [-0.2, -0.15) is 5.10 Å². The lowest BCUT2D eigenvalue weighted by Gasteiger charge is -2.21. The monoisotopic (exact) mass is 350 g/mol. The topological polar surface area (TPSA) is 85.2 Å². The van der Waals surface area contributed by atoms with Crippen LogP contribution in [-0.2, 0) is 16.6 Å². The molecule has 1 aliphatic heterocycles. The molecule has 0 radical (unpaired) electrons. The lowest BCUT2D eigenvalue weighted by Crippen LogP contribution is -2.42. The molecule has 2 N–H and O–H groups in total. The molecule has 1 atom stereocenters. The summed E-state index contributed by atoms with van der Waals surface area (Å²) in [5, 5.41) is 10.0. The molecule has 0 aliphatic carbocycles. The Morgan fingerprint density at radius 3 is 2.92 bits per heavy atom. The quantitative estimate of drug-likeness (QED) is 0.605. The molecule has 130 valence electrons. The van der Waals surface area contributed by atoms with Gasteiger partial charge in [-0.1, -0.05) is 6.58 Å². The number of hydrogen-bond acceptors (Lipinski definition) is 6. The molecular weight excluding hydrogens is 328 g/mol. The smallest absolute Gasteiger partial charge is 0.358 e. The number of nitrogens with one attached hydrogen (secondary N) is 2. The van der Waals surface area contributed by atoms with Crippen LogP contribution in [0, 0.1) is 6.92 Å². The first kappa shape index (κ1) is 18.3. The molecule has 1 saturated heterocycles. The maximum absolute atomic E-state index is 12.1. The predicted molar refractivity (Wildman–Crippen MR) is 94.7 cm³/mol. The molecule has 24 heavy (non-hydrogen) atoms. The normalized spacial score (nSPS) is 17.7. The van der Waals surface area contributed by atoms with E-state index in [1.165, 1.54) is 7.11 Å². The first-order valence-corrected chi connectivity index (χ1v) is 8.61. The van der Waals surface area contributed by atoms with Gasteiger partial charge < -0.3 is 15.4 Å². The van der Waals surface area contributed by atoms with Gasteiger partial charge in [0.25, 0.3) is 0 Å². The van der Waals surface area contributed by atoms with Crippen molar-refractivity contribution in [1.29, 1.82) is 0 Å². The van der Waals surface area contributed by atoms with Gasteiger partial charge in [0.1, 0.15) is 0 Å². The van der Waals surface area contributed by atoms with Crippen molar-refractivity contribution in [2.75, 3.05) is 26.0 Å². The molecule has 1 aliphatic rings. The summed E-state index contributed by atoms with van der Waals surface area (Å²) in [4.78, 5) is 23.8. The second-order valence-corrected chi connectivity index (χ2v) is 6.70. The van der Waals surface area contributed by atoms with E-state index in [9.17, 15) is 9.59 Å². The minimum Gasteiger partial charge on any atom is -0.464 e. The van der Waals surface area contributed by atoms with Gasteiger partial charge >= 0.3 is 5.97 Å². The van der Waals surface area contributed by atoms with Gasteiger partial charge in [0, 0.05) is 37.2 Å². The molecule has 7 nitrogen and oxygen atoms in total. The summed E-state index contributed by atoms with van der Waals surface area (Å²) in [7, 11) is 3.06. The van der Waals surface area contributed by atoms with E-state index in [0.29, 0.717) is 17.8 Å². The van der Waals surface area contributed by atoms with E-state index in [-0.39, 0.29) is 16.9 Å². The van der Waals surface area contributed by atoms with Crippen molar-refractivity contribution in [1.82, 2.24) is 20.4 Å². The molecule has 1 aromatic heterocycles. The van der Waals surface area contributed by atoms with E-state index in [4.69, 9.17) is 4.74 Å². The third kappa shape index (κ3) is 4.27. The van der Waals surface area contributed by atoms with Crippen LogP contribution in [-0.4, -0.2) is 52.9 Å². The minimum absolute atomic E-state index is 0.0566. The van der Waals surface area contributed by atoms with E-state index < -0.39 is 5.97 Å². The molecule has 1 aromatic rings. The van der Waals surface area contributed by atoms with Crippen LogP contribution in [0.5, 0.6) is 0 Å². The van der Waals surface area contributed by atoms with Gasteiger partial charge in [0.15, 0.2) is 5.69 Å². The number of carbonyl (C=O) groups excluding carboxylic acids is 2. The number of rotatable bonds is 5. The lowest BCUT2D eigenvalue weighted by molar-refractivity contribution is -0.119. The predicted octanol–water partition coefficient (Wildman–Crippen LogP) is 0.863. The molecule has 0 bridgehead atoms. The zero-order valence-electron chi connectivity index (χ0n) is 14.1. The van der Waals surface area contributed by atoms with Crippen molar-refractivity contribution in [2.24, 2.45) is 7.05 Å². The van der Waals surface area contributed by atoms with Crippen molar-refractivity contribution in [2.45, 2.75) is 12.2 Å². The highest BCUT2D eigenvalue weighted by Crippen LogP contribution is 2.16. The van der Waals surface area contributed by atoms with Crippen LogP contribution in [0.3, 0.4) is 0 Å². The summed E-state index contributed by atoms with van der Waals surface area (Å²) in [5.74, 6) is 0.390. The fourth-order valence-electron chi connectivity index (χ4n) is 2.36. The molecule has 0 spiro atoms. The number of thioether (sulfide) groups is 1. The first-order valence-electron chi connectivity index (χ1n) is 7.56. The summed E-state index contributed by atoms with van der Waals surface area (Å²) >= 11 is 1.64. The molecule has 2 rings (SSSR count). The minimum atomic E-state index is -0.475. The number of allylic oxidation sites excluding steroid dienone is 1. The van der Waals surface area contributed by atoms with E-state index in [2.05, 4.69) is 22.3 Å². The first-order chi connectivity index (χ1) is 11.4. The maximum atomic E-state index is 12.1. The van der Waals surface area contributed by atoms with Crippen LogP contribution in [0.2, 0.25) is 0 Å². The van der Waals surface area contributed by atoms with E-state index in [1.807, 2.05) is 0 Å². The number of aromatic nitrogens is 2. The summed E-state index contributed by atoms with van der Waals surface area (Å²) < 4.78 is 6.30. The lowest BCUT2D eigenvalue weighted by atomic mass is 10.2. The third-order valence-corrected chi connectivity index (χ3v) is 4.89. The zero-order valence-corrected chi connectivity index (χ0v) is 14.9. The zero-order chi connectivity index (χ0) is 17.7. The van der Waals surface area contributed by atoms with Crippen LogP contribution < -0.4 is 10.6 Å². The molecule has 2 heterocycles. The maximum Gasteiger partial charge on any atom is 0.358 e. The molecule has 1 fully saturated rings. The number of methoxy groups -OCH3 is 1. The number of nitrogens with zero attached hydrogens (tertiary/aromatic N) is 2. The number of amides is 1. The number of carbonyl (C=O) groups is 2. The van der Waals surface area contributed by atoms with Gasteiger partial charge in [-0.15, -0.1) is 11.8 Å². The molecular formula is C16H22N4O3S. The average Bonchev–Trinajstić information content (AvgIpc) is 2.87. The summed E-state index contributed by atoms with van der Waals surface area (Å²) in [6.45, 7) is 7.24. The second-order valence-electron chi connectivity index (χ2n) is 5.39. The Bertz CT molecular complexity index is 675. The number of ether oxygens (including phenoxy) is 1. The second kappa shape index (κ2) is 8.16. The van der Waals surface area contributed by atoms with Gasteiger partial charge in [-0.3, -0.25) is 9.48 Å². The molecule has 8 heteroatoms. The number of aryl methyl sites for hydroxylation is 1. The van der Waals surface area contributed by atoms with Crippen molar-refractivity contribution >= 4 is 29.7 Å². The Hall–Kier alpha value is -2.06. The van der Waals surface area contributed by atoms with Gasteiger partial charge in [0.2, 0.25) is 5.91 Å². The van der Waals surface area contributed by atoms with Crippen LogP contribution in [0.1, 0.15) is 21.7 Å². The largest absolute Gasteiger partial charge is 0.464 e. The van der Waals surface area contributed by atoms with E-state index in [0.717, 1.165) is 18.0 Å². The van der Waals surface area contributed by atoms with Gasteiger partial charge in [-0.25, -0.2) is 4.79 Å². The summed E-state index contributed by atoms with van der Waals surface area (Å²) in [5.41, 5.74) is 2.23. The molecule has 0 saturated carbocycles. The van der Waals surface area contributed by atoms with E-state index >= 15 is 0 Å². The SMILES string of the molecule is C=C(C=Cc1c(C)c(C(=O)OC)nn1C)NC(=O)C1CNCCS1. The molecule has 1 amide bonds. The fourth-order valence-corrected chi connectivity index (χ4v) is 3.35. The van der Waals surface area contributed by atoms with Crippen LogP contribution >= 0.6 is 11.8 Å². The summed E-state index contributed by atoms with van der Waals surface area (Å²) in [6.07, 6.45) is 3.47. The Labute approximate surface area is 145 Å². The van der Waals surface area contributed by atoms with E-state index in [1.54, 1.807) is 42.6 Å². The standard InChI is InChI=1S/C16H22N4O3S/c1-10(18-15(21)13-9-17-7-8-24-13)5-6-12-11(2)14(16(22)23-4)19-20(12)3/h5-6,13,17H,1,7-9H2,2-4H3,(H,18,21). The third-order valence-electron chi connectivity index (χ3n) is 3.66. The highest BCUT2D eigenvalue weighted by atomic mass is 32.2. The van der Waals surface area contributed by atoms with Crippen molar-refractivity contribution < 1.29 is 14.3 Å². The van der Waals surface area contributed by atoms with Crippen LogP contribution in [0.15, 0.2) is 18.4 Å². The Morgan fingerprint density at radius 2 is 2.29 bits per heavy atom. The highest BCUT2D eigenvalue weighted by Gasteiger charge is 2.21. The molecule has 0 aromatic carbocycles. The highest BCUT2D eigenvalue weighted by molar-refractivity contribution is 8.00. The number of hydrogen-bond donors (Lipinski definition) is 2. The average molecular weight is 350 g/mol. The Balaban J connectivity index is 2.02. The molecule has 1 unspecified atom stereocenters. The summed E-state index contributed by atoms with van der Waals surface area (Å²) in [6, 6.07) is 0. The van der Waals surface area contributed by atoms with Crippen LogP contribution in [0.25, 0.3) is 6.08 Å².